The number of aromatic nitrogens is 2. The van der Waals surface area contributed by atoms with Gasteiger partial charge in [-0.15, -0.1) is 0 Å². The highest BCUT2D eigenvalue weighted by Gasteiger charge is 2.16. The summed E-state index contributed by atoms with van der Waals surface area (Å²) in [5.41, 5.74) is 5.20. The predicted molar refractivity (Wildman–Crippen MR) is 101 cm³/mol. The third kappa shape index (κ3) is 3.64. The summed E-state index contributed by atoms with van der Waals surface area (Å²) in [5.74, 6) is 0. The number of alkyl halides is 1. The summed E-state index contributed by atoms with van der Waals surface area (Å²) in [7, 11) is 4.14. The third-order valence-corrected chi connectivity index (χ3v) is 4.63. The number of halogens is 1. The Morgan fingerprint density at radius 3 is 2.44 bits per heavy atom. The quantitative estimate of drug-likeness (QED) is 0.644. The first-order chi connectivity index (χ1) is 12.1. The highest BCUT2D eigenvalue weighted by molar-refractivity contribution is 5.78. The van der Waals surface area contributed by atoms with Crippen molar-refractivity contribution in [3.8, 4) is 22.5 Å². The fourth-order valence-electron chi connectivity index (χ4n) is 3.00. The lowest BCUT2D eigenvalue weighted by Crippen LogP contribution is -2.16. The molecule has 3 rings (SSSR count). The van der Waals surface area contributed by atoms with E-state index in [0.717, 1.165) is 22.5 Å². The zero-order chi connectivity index (χ0) is 17.8. The molecule has 0 bridgehead atoms. The molecule has 3 nitrogen and oxygen atoms in total. The van der Waals surface area contributed by atoms with E-state index >= 15 is 0 Å². The third-order valence-electron chi connectivity index (χ3n) is 4.63. The second-order valence-electron chi connectivity index (χ2n) is 6.46. The Morgan fingerprint density at radius 2 is 1.76 bits per heavy atom. The van der Waals surface area contributed by atoms with Crippen molar-refractivity contribution in [3.63, 3.8) is 0 Å². The summed E-state index contributed by atoms with van der Waals surface area (Å²) >= 11 is 0. The van der Waals surface area contributed by atoms with E-state index < -0.39 is 6.67 Å². The molecule has 0 amide bonds. The number of hydrogen-bond acceptors (Lipinski definition) is 2. The van der Waals surface area contributed by atoms with Crippen LogP contribution in [0.1, 0.15) is 18.5 Å². The maximum absolute atomic E-state index is 13.0. The van der Waals surface area contributed by atoms with E-state index in [2.05, 4.69) is 55.2 Å². The highest BCUT2D eigenvalue weighted by Crippen LogP contribution is 2.33. The molecular formula is C21H24FN3. The number of imidazole rings is 1. The molecule has 0 N–H and O–H groups in total. The van der Waals surface area contributed by atoms with Crippen LogP contribution >= 0.6 is 0 Å². The molecule has 0 aliphatic heterocycles. The Hall–Kier alpha value is -2.46. The average molecular weight is 337 g/mol. The SMILES string of the molecule is C[C@H](c1cccc(-c2c(-c3ccccc3)ncn2CCF)c1)N(C)C. The second-order valence-corrected chi connectivity index (χ2v) is 6.46. The van der Waals surface area contributed by atoms with E-state index in [-0.39, 0.29) is 0 Å². The Labute approximate surface area is 148 Å². The second kappa shape index (κ2) is 7.62. The molecule has 0 saturated heterocycles. The Bertz CT molecular complexity index is 824. The lowest BCUT2D eigenvalue weighted by molar-refractivity contribution is 0.321. The summed E-state index contributed by atoms with van der Waals surface area (Å²) in [5, 5.41) is 0. The van der Waals surface area contributed by atoms with E-state index in [1.54, 1.807) is 6.33 Å². The molecular weight excluding hydrogens is 313 g/mol. The van der Waals surface area contributed by atoms with Crippen LogP contribution in [0.15, 0.2) is 60.9 Å². The Kier molecular flexibility index (Phi) is 5.29. The number of aryl methyl sites for hydroxylation is 1. The van der Waals surface area contributed by atoms with Crippen LogP contribution in [0.25, 0.3) is 22.5 Å². The van der Waals surface area contributed by atoms with Gasteiger partial charge in [-0.25, -0.2) is 9.37 Å². The van der Waals surface area contributed by atoms with Crippen molar-refractivity contribution in [1.82, 2.24) is 14.5 Å². The van der Waals surface area contributed by atoms with Gasteiger partial charge in [-0.1, -0.05) is 48.5 Å². The maximum atomic E-state index is 13.0. The number of nitrogens with zero attached hydrogens (tertiary/aromatic N) is 3. The van der Waals surface area contributed by atoms with E-state index in [0.29, 0.717) is 12.6 Å². The smallest absolute Gasteiger partial charge is 0.107 e. The van der Waals surface area contributed by atoms with Crippen LogP contribution in [0.2, 0.25) is 0 Å². The molecule has 3 aromatic rings. The van der Waals surface area contributed by atoms with Crippen LogP contribution in [-0.4, -0.2) is 35.2 Å². The minimum atomic E-state index is -0.411. The molecule has 0 saturated carbocycles. The van der Waals surface area contributed by atoms with Gasteiger partial charge in [0.25, 0.3) is 0 Å². The Morgan fingerprint density at radius 1 is 1.04 bits per heavy atom. The van der Waals surface area contributed by atoms with Crippen LogP contribution < -0.4 is 0 Å². The molecule has 25 heavy (non-hydrogen) atoms. The highest BCUT2D eigenvalue weighted by atomic mass is 19.1. The lowest BCUT2D eigenvalue weighted by Gasteiger charge is -2.21. The van der Waals surface area contributed by atoms with Crippen molar-refractivity contribution in [2.45, 2.75) is 19.5 Å². The fourth-order valence-corrected chi connectivity index (χ4v) is 3.00. The predicted octanol–water partition coefficient (Wildman–Crippen LogP) is 4.81. The molecule has 0 unspecified atom stereocenters. The molecule has 0 aliphatic carbocycles. The monoisotopic (exact) mass is 337 g/mol. The van der Waals surface area contributed by atoms with Crippen LogP contribution in [0, 0.1) is 0 Å². The van der Waals surface area contributed by atoms with Crippen molar-refractivity contribution in [1.29, 1.82) is 0 Å². The van der Waals surface area contributed by atoms with Crippen molar-refractivity contribution in [2.75, 3.05) is 20.8 Å². The van der Waals surface area contributed by atoms with E-state index in [1.165, 1.54) is 5.56 Å². The van der Waals surface area contributed by atoms with Gasteiger partial charge in [0.05, 0.1) is 24.3 Å². The van der Waals surface area contributed by atoms with Crippen LogP contribution in [0.5, 0.6) is 0 Å². The molecule has 130 valence electrons. The van der Waals surface area contributed by atoms with Crippen molar-refractivity contribution >= 4 is 0 Å². The standard InChI is InChI=1S/C21H24FN3/c1-16(24(2)3)18-10-7-11-19(14-18)21-20(17-8-5-4-6-9-17)23-15-25(21)13-12-22/h4-11,14-16H,12-13H2,1-3H3/t16-/m1/s1. The van der Waals surface area contributed by atoms with E-state index in [4.69, 9.17) is 0 Å². The molecule has 0 spiro atoms. The molecule has 1 atom stereocenters. The Balaban J connectivity index is 2.12. The van der Waals surface area contributed by atoms with Gasteiger partial charge in [0.2, 0.25) is 0 Å². The minimum absolute atomic E-state index is 0.303. The summed E-state index contributed by atoms with van der Waals surface area (Å²) < 4.78 is 14.9. The summed E-state index contributed by atoms with van der Waals surface area (Å²) in [4.78, 5) is 6.75. The molecule has 2 aromatic carbocycles. The first-order valence-corrected chi connectivity index (χ1v) is 8.55. The van der Waals surface area contributed by atoms with Gasteiger partial charge >= 0.3 is 0 Å². The van der Waals surface area contributed by atoms with Crippen molar-refractivity contribution < 1.29 is 4.39 Å². The normalized spacial score (nSPS) is 12.5. The lowest BCUT2D eigenvalue weighted by atomic mass is 10.00. The van der Waals surface area contributed by atoms with Gasteiger partial charge in [-0.3, -0.25) is 0 Å². The molecule has 0 radical (unpaired) electrons. The van der Waals surface area contributed by atoms with Gasteiger partial charge in [-0.05, 0) is 32.6 Å². The molecule has 4 heteroatoms. The summed E-state index contributed by atoms with van der Waals surface area (Å²) in [6, 6.07) is 18.8. The van der Waals surface area contributed by atoms with Gasteiger partial charge in [-0.2, -0.15) is 0 Å². The zero-order valence-corrected chi connectivity index (χ0v) is 15.0. The van der Waals surface area contributed by atoms with Crippen LogP contribution in [0.4, 0.5) is 4.39 Å². The average Bonchev–Trinajstić information content (AvgIpc) is 3.06. The van der Waals surface area contributed by atoms with Crippen LogP contribution in [-0.2, 0) is 6.54 Å². The molecule has 1 aromatic heterocycles. The summed E-state index contributed by atoms with van der Waals surface area (Å²) in [6.07, 6.45) is 1.74. The van der Waals surface area contributed by atoms with Gasteiger partial charge < -0.3 is 9.47 Å². The van der Waals surface area contributed by atoms with Gasteiger partial charge in [0.1, 0.15) is 6.67 Å². The topological polar surface area (TPSA) is 21.1 Å². The first-order valence-electron chi connectivity index (χ1n) is 8.55. The first kappa shape index (κ1) is 17.4. The van der Waals surface area contributed by atoms with Crippen molar-refractivity contribution in [2.24, 2.45) is 0 Å². The van der Waals surface area contributed by atoms with Crippen molar-refractivity contribution in [3.05, 3.63) is 66.5 Å². The summed E-state index contributed by atoms with van der Waals surface area (Å²) in [6.45, 7) is 2.07. The number of benzene rings is 2. The number of hydrogen-bond donors (Lipinski definition) is 0. The van der Waals surface area contributed by atoms with E-state index in [1.807, 2.05) is 34.9 Å². The molecule has 0 fully saturated rings. The van der Waals surface area contributed by atoms with Crippen LogP contribution in [0.3, 0.4) is 0 Å². The number of rotatable bonds is 6. The van der Waals surface area contributed by atoms with Gasteiger partial charge in [0.15, 0.2) is 0 Å². The largest absolute Gasteiger partial charge is 0.327 e. The maximum Gasteiger partial charge on any atom is 0.107 e. The minimum Gasteiger partial charge on any atom is -0.327 e. The fraction of sp³-hybridized carbons (Fsp3) is 0.286. The molecule has 0 aliphatic rings. The molecule has 1 heterocycles. The van der Waals surface area contributed by atoms with E-state index in [9.17, 15) is 4.39 Å². The zero-order valence-electron chi connectivity index (χ0n) is 15.0. The van der Waals surface area contributed by atoms with Gasteiger partial charge in [0, 0.05) is 17.2 Å².